The van der Waals surface area contributed by atoms with E-state index in [1.165, 1.54) is 12.1 Å². The van der Waals surface area contributed by atoms with Crippen LogP contribution in [0.5, 0.6) is 0 Å². The van der Waals surface area contributed by atoms with E-state index in [2.05, 4.69) is 4.98 Å². The summed E-state index contributed by atoms with van der Waals surface area (Å²) in [7, 11) is 0. The van der Waals surface area contributed by atoms with Crippen molar-refractivity contribution in [2.75, 3.05) is 0 Å². The summed E-state index contributed by atoms with van der Waals surface area (Å²) in [6.45, 7) is 1.97. The van der Waals surface area contributed by atoms with Crippen LogP contribution in [0.2, 0.25) is 0 Å². The molecule has 0 radical (unpaired) electrons. The second kappa shape index (κ2) is 5.26. The van der Waals surface area contributed by atoms with E-state index in [1.807, 2.05) is 43.5 Å². The fraction of sp³-hybridized carbons (Fsp3) is 0.167. The Kier molecular flexibility index (Phi) is 3.43. The first-order chi connectivity index (χ1) is 10.1. The third-order valence-corrected chi connectivity index (χ3v) is 3.76. The summed E-state index contributed by atoms with van der Waals surface area (Å²) in [6, 6.07) is 14.6. The van der Waals surface area contributed by atoms with Crippen LogP contribution in [0.4, 0.5) is 4.39 Å². The van der Waals surface area contributed by atoms with Crippen LogP contribution in [0, 0.1) is 5.82 Å². The van der Waals surface area contributed by atoms with Crippen LogP contribution in [-0.4, -0.2) is 4.98 Å². The first kappa shape index (κ1) is 13.7. The van der Waals surface area contributed by atoms with Crippen LogP contribution in [0.15, 0.2) is 60.9 Å². The van der Waals surface area contributed by atoms with Gasteiger partial charge in [-0.2, -0.15) is 0 Å². The Balaban J connectivity index is 2.04. The minimum atomic E-state index is -0.587. The molecular formula is C18H17FN2. The van der Waals surface area contributed by atoms with E-state index >= 15 is 0 Å². The molecule has 1 unspecified atom stereocenters. The van der Waals surface area contributed by atoms with Gasteiger partial charge in [0, 0.05) is 23.3 Å². The Morgan fingerprint density at radius 2 is 1.95 bits per heavy atom. The fourth-order valence-electron chi connectivity index (χ4n) is 2.78. The van der Waals surface area contributed by atoms with Crippen LogP contribution in [0.1, 0.15) is 18.1 Å². The second-order valence-corrected chi connectivity index (χ2v) is 5.63. The summed E-state index contributed by atoms with van der Waals surface area (Å²) in [5.74, 6) is -0.233. The number of fused-ring (bicyclic) bond motifs is 1. The molecule has 0 spiro atoms. The molecule has 0 aliphatic carbocycles. The van der Waals surface area contributed by atoms with Crippen molar-refractivity contribution in [2.45, 2.75) is 18.9 Å². The first-order valence-electron chi connectivity index (χ1n) is 6.93. The lowest BCUT2D eigenvalue weighted by molar-refractivity contribution is 0.493. The van der Waals surface area contributed by atoms with Crippen molar-refractivity contribution in [3.63, 3.8) is 0 Å². The summed E-state index contributed by atoms with van der Waals surface area (Å²) in [4.78, 5) is 4.19. The molecule has 1 heterocycles. The van der Waals surface area contributed by atoms with E-state index in [9.17, 15) is 4.39 Å². The van der Waals surface area contributed by atoms with E-state index in [4.69, 9.17) is 5.73 Å². The Hall–Kier alpha value is -2.26. The third-order valence-electron chi connectivity index (χ3n) is 3.76. The third kappa shape index (κ3) is 2.78. The predicted octanol–water partition coefficient (Wildman–Crippen LogP) is 3.79. The second-order valence-electron chi connectivity index (χ2n) is 5.63. The van der Waals surface area contributed by atoms with Gasteiger partial charge in [0.15, 0.2) is 0 Å². The molecule has 0 fully saturated rings. The number of hydrogen-bond donors (Lipinski definition) is 1. The van der Waals surface area contributed by atoms with Crippen molar-refractivity contribution in [3.05, 3.63) is 77.9 Å². The van der Waals surface area contributed by atoms with Gasteiger partial charge in [-0.05, 0) is 48.1 Å². The highest BCUT2D eigenvalue weighted by molar-refractivity contribution is 5.85. The van der Waals surface area contributed by atoms with Crippen LogP contribution in [0.3, 0.4) is 0 Å². The van der Waals surface area contributed by atoms with Crippen molar-refractivity contribution in [1.82, 2.24) is 4.98 Å². The Morgan fingerprint density at radius 3 is 2.76 bits per heavy atom. The molecule has 0 bridgehead atoms. The smallest absolute Gasteiger partial charge is 0.123 e. The highest BCUT2D eigenvalue weighted by Crippen LogP contribution is 2.29. The molecule has 0 aliphatic heterocycles. The molecule has 106 valence electrons. The van der Waals surface area contributed by atoms with Crippen molar-refractivity contribution in [2.24, 2.45) is 5.73 Å². The monoisotopic (exact) mass is 280 g/mol. The summed E-state index contributed by atoms with van der Waals surface area (Å²) >= 11 is 0. The van der Waals surface area contributed by atoms with Crippen LogP contribution in [-0.2, 0) is 12.0 Å². The molecule has 2 N–H and O–H groups in total. The number of aromatic nitrogens is 1. The molecule has 1 aromatic heterocycles. The zero-order chi connectivity index (χ0) is 14.9. The highest BCUT2D eigenvalue weighted by Gasteiger charge is 2.24. The number of rotatable bonds is 3. The number of hydrogen-bond acceptors (Lipinski definition) is 2. The Labute approximate surface area is 123 Å². The van der Waals surface area contributed by atoms with E-state index in [0.717, 1.165) is 21.9 Å². The van der Waals surface area contributed by atoms with Crippen LogP contribution >= 0.6 is 0 Å². The van der Waals surface area contributed by atoms with E-state index in [1.54, 1.807) is 12.3 Å². The van der Waals surface area contributed by atoms with E-state index in [-0.39, 0.29) is 5.82 Å². The summed E-state index contributed by atoms with van der Waals surface area (Å²) in [5, 5.41) is 2.15. The van der Waals surface area contributed by atoms with Gasteiger partial charge < -0.3 is 5.73 Å². The van der Waals surface area contributed by atoms with Gasteiger partial charge in [0.25, 0.3) is 0 Å². The Bertz CT molecular complexity index is 776. The molecule has 3 rings (SSSR count). The van der Waals surface area contributed by atoms with Gasteiger partial charge in [-0.1, -0.05) is 30.3 Å². The SMILES string of the molecule is CC(N)(Cc1cccc(F)c1)c1cccc2ccncc12. The maximum absolute atomic E-state index is 13.3. The minimum Gasteiger partial charge on any atom is -0.321 e. The first-order valence-corrected chi connectivity index (χ1v) is 6.93. The highest BCUT2D eigenvalue weighted by atomic mass is 19.1. The molecule has 2 nitrogen and oxygen atoms in total. The van der Waals surface area contributed by atoms with Crippen molar-refractivity contribution in [3.8, 4) is 0 Å². The molecule has 0 aliphatic rings. The summed E-state index contributed by atoms with van der Waals surface area (Å²) in [5.41, 5.74) is 7.86. The van der Waals surface area contributed by atoms with Gasteiger partial charge in [-0.25, -0.2) is 4.39 Å². The molecule has 0 saturated carbocycles. The lowest BCUT2D eigenvalue weighted by atomic mass is 9.84. The molecule has 21 heavy (non-hydrogen) atoms. The van der Waals surface area contributed by atoms with Gasteiger partial charge in [0.05, 0.1) is 0 Å². The molecule has 0 saturated heterocycles. The van der Waals surface area contributed by atoms with Crippen molar-refractivity contribution >= 4 is 10.8 Å². The fourth-order valence-corrected chi connectivity index (χ4v) is 2.78. The standard InChI is InChI=1S/C18H17FN2/c1-18(20,11-13-4-2-6-15(19)10-13)17-7-3-5-14-8-9-21-12-16(14)17/h2-10,12H,11,20H2,1H3. The molecule has 1 atom stereocenters. The number of pyridine rings is 1. The van der Waals surface area contributed by atoms with Crippen molar-refractivity contribution in [1.29, 1.82) is 0 Å². The van der Waals surface area contributed by atoms with Crippen molar-refractivity contribution < 1.29 is 4.39 Å². The number of halogens is 1. The maximum Gasteiger partial charge on any atom is 0.123 e. The van der Waals surface area contributed by atoms with Gasteiger partial charge in [-0.15, -0.1) is 0 Å². The topological polar surface area (TPSA) is 38.9 Å². The summed E-state index contributed by atoms with van der Waals surface area (Å²) < 4.78 is 13.3. The molecule has 3 aromatic rings. The number of nitrogens with zero attached hydrogens (tertiary/aromatic N) is 1. The maximum atomic E-state index is 13.3. The number of nitrogens with two attached hydrogens (primary N) is 1. The zero-order valence-corrected chi connectivity index (χ0v) is 11.9. The lowest BCUT2D eigenvalue weighted by Crippen LogP contribution is -2.35. The Morgan fingerprint density at radius 1 is 1.14 bits per heavy atom. The largest absolute Gasteiger partial charge is 0.321 e. The quantitative estimate of drug-likeness (QED) is 0.792. The lowest BCUT2D eigenvalue weighted by Gasteiger charge is -2.27. The van der Waals surface area contributed by atoms with Crippen LogP contribution < -0.4 is 5.73 Å². The normalized spacial score (nSPS) is 14.0. The average Bonchev–Trinajstić information content (AvgIpc) is 2.46. The molecule has 0 amide bonds. The zero-order valence-electron chi connectivity index (χ0n) is 11.9. The van der Waals surface area contributed by atoms with Gasteiger partial charge in [0.2, 0.25) is 0 Å². The van der Waals surface area contributed by atoms with Gasteiger partial charge >= 0.3 is 0 Å². The molecular weight excluding hydrogens is 263 g/mol. The van der Waals surface area contributed by atoms with Gasteiger partial charge in [-0.3, -0.25) is 4.98 Å². The molecule has 3 heteroatoms. The predicted molar refractivity (Wildman–Crippen MR) is 83.4 cm³/mol. The van der Waals surface area contributed by atoms with Gasteiger partial charge in [0.1, 0.15) is 5.82 Å². The minimum absolute atomic E-state index is 0.233. The molecule has 2 aromatic carbocycles. The average molecular weight is 280 g/mol. The van der Waals surface area contributed by atoms with Crippen LogP contribution in [0.25, 0.3) is 10.8 Å². The van der Waals surface area contributed by atoms with E-state index in [0.29, 0.717) is 6.42 Å². The number of benzene rings is 2. The van der Waals surface area contributed by atoms with E-state index < -0.39 is 5.54 Å². The summed E-state index contributed by atoms with van der Waals surface area (Å²) in [6.07, 6.45) is 4.17.